The zero-order valence-electron chi connectivity index (χ0n) is 4.81. The summed E-state index contributed by atoms with van der Waals surface area (Å²) in [7, 11) is 0. The van der Waals surface area contributed by atoms with Gasteiger partial charge in [-0.15, -0.1) is 0 Å². The van der Waals surface area contributed by atoms with Crippen LogP contribution in [0.5, 0.6) is 0 Å². The van der Waals surface area contributed by atoms with Crippen LogP contribution in [0.4, 0.5) is 0 Å². The van der Waals surface area contributed by atoms with Gasteiger partial charge in [-0.05, 0) is 0 Å². The molecule has 0 aromatic carbocycles. The Bertz CT molecular complexity index is 103. The quantitative estimate of drug-likeness (QED) is 0.471. The van der Waals surface area contributed by atoms with E-state index in [0.29, 0.717) is 13.3 Å². The van der Waals surface area contributed by atoms with E-state index in [-0.39, 0.29) is 11.8 Å². The third-order valence-corrected chi connectivity index (χ3v) is 1.16. The minimum Gasteiger partial charge on any atom is -0.360 e. The summed E-state index contributed by atoms with van der Waals surface area (Å²) >= 11 is 0. The largest absolute Gasteiger partial charge is 0.360 e. The Labute approximate surface area is 48.0 Å². The molecule has 1 rings (SSSR count). The Morgan fingerprint density at radius 2 is 2.62 bits per heavy atom. The van der Waals surface area contributed by atoms with Gasteiger partial charge in [-0.25, -0.2) is 0 Å². The molecule has 0 aromatic rings. The van der Waals surface area contributed by atoms with E-state index in [9.17, 15) is 4.79 Å². The van der Waals surface area contributed by atoms with E-state index in [1.54, 1.807) is 0 Å². The highest BCUT2D eigenvalue weighted by Gasteiger charge is 2.16. The fraction of sp³-hybridized carbons (Fsp3) is 0.800. The van der Waals surface area contributed by atoms with Gasteiger partial charge in [-0.3, -0.25) is 4.79 Å². The lowest BCUT2D eigenvalue weighted by molar-refractivity contribution is -0.133. The number of ether oxygens (including phenoxy) is 1. The van der Waals surface area contributed by atoms with E-state index >= 15 is 0 Å². The molecule has 1 saturated heterocycles. The smallest absolute Gasteiger partial charge is 0.226 e. The SMILES string of the molecule is CC1COCNC1=O. The predicted molar refractivity (Wildman–Crippen MR) is 28.1 cm³/mol. The monoisotopic (exact) mass is 115 g/mol. The summed E-state index contributed by atoms with van der Waals surface area (Å²) in [5.74, 6) is 0.125. The predicted octanol–water partition coefficient (Wildman–Crippen LogP) is -0.274. The van der Waals surface area contributed by atoms with Crippen molar-refractivity contribution in [2.45, 2.75) is 6.92 Å². The summed E-state index contributed by atoms with van der Waals surface area (Å²) in [5, 5.41) is 2.57. The molecule has 1 fully saturated rings. The van der Waals surface area contributed by atoms with Crippen LogP contribution in [-0.2, 0) is 9.53 Å². The standard InChI is InChI=1S/C5H9NO2/c1-4-2-8-3-6-5(4)7/h4H,2-3H2,1H3,(H,6,7). The third kappa shape index (κ3) is 0.980. The molecule has 1 heterocycles. The number of hydrogen-bond acceptors (Lipinski definition) is 2. The van der Waals surface area contributed by atoms with E-state index in [2.05, 4.69) is 5.32 Å². The molecule has 3 nitrogen and oxygen atoms in total. The molecule has 0 aromatic heterocycles. The molecule has 3 heteroatoms. The average Bonchev–Trinajstić information content (AvgIpc) is 1.77. The van der Waals surface area contributed by atoms with Crippen LogP contribution in [0, 0.1) is 5.92 Å². The first-order chi connectivity index (χ1) is 3.80. The van der Waals surface area contributed by atoms with Gasteiger partial charge in [0.25, 0.3) is 0 Å². The van der Waals surface area contributed by atoms with Crippen LogP contribution in [-0.4, -0.2) is 19.2 Å². The Hall–Kier alpha value is -0.570. The lowest BCUT2D eigenvalue weighted by Gasteiger charge is -2.17. The summed E-state index contributed by atoms with van der Waals surface area (Å²) < 4.78 is 4.92. The number of amides is 1. The van der Waals surface area contributed by atoms with Gasteiger partial charge in [-0.2, -0.15) is 0 Å². The van der Waals surface area contributed by atoms with Crippen molar-refractivity contribution < 1.29 is 9.53 Å². The van der Waals surface area contributed by atoms with Crippen LogP contribution in [0.1, 0.15) is 6.92 Å². The second-order valence-corrected chi connectivity index (χ2v) is 1.96. The minimum atomic E-state index is 0.0312. The number of nitrogens with one attached hydrogen (secondary N) is 1. The molecular weight excluding hydrogens is 106 g/mol. The average molecular weight is 115 g/mol. The molecule has 0 saturated carbocycles. The van der Waals surface area contributed by atoms with Crippen LogP contribution < -0.4 is 5.32 Å². The van der Waals surface area contributed by atoms with Crippen molar-refractivity contribution >= 4 is 5.91 Å². The maximum atomic E-state index is 10.6. The van der Waals surface area contributed by atoms with Crippen LogP contribution >= 0.6 is 0 Å². The van der Waals surface area contributed by atoms with E-state index in [1.807, 2.05) is 6.92 Å². The van der Waals surface area contributed by atoms with Crippen LogP contribution in [0.15, 0.2) is 0 Å². The van der Waals surface area contributed by atoms with Gasteiger partial charge in [0.05, 0.1) is 12.5 Å². The zero-order valence-corrected chi connectivity index (χ0v) is 4.81. The van der Waals surface area contributed by atoms with Gasteiger partial charge in [0.1, 0.15) is 6.73 Å². The summed E-state index contributed by atoms with van der Waals surface area (Å²) in [6, 6.07) is 0. The Morgan fingerprint density at radius 3 is 3.00 bits per heavy atom. The summed E-state index contributed by atoms with van der Waals surface area (Å²) in [4.78, 5) is 10.6. The second-order valence-electron chi connectivity index (χ2n) is 1.96. The third-order valence-electron chi connectivity index (χ3n) is 1.16. The van der Waals surface area contributed by atoms with Crippen molar-refractivity contribution in [1.29, 1.82) is 0 Å². The van der Waals surface area contributed by atoms with Gasteiger partial charge >= 0.3 is 0 Å². The molecule has 1 unspecified atom stereocenters. The Morgan fingerprint density at radius 1 is 1.88 bits per heavy atom. The van der Waals surface area contributed by atoms with E-state index < -0.39 is 0 Å². The number of hydrogen-bond donors (Lipinski definition) is 1. The lowest BCUT2D eigenvalue weighted by atomic mass is 10.2. The fourth-order valence-corrected chi connectivity index (χ4v) is 0.608. The molecule has 0 bridgehead atoms. The molecule has 46 valence electrons. The van der Waals surface area contributed by atoms with Crippen molar-refractivity contribution in [2.24, 2.45) is 5.92 Å². The van der Waals surface area contributed by atoms with Crippen molar-refractivity contribution in [3.8, 4) is 0 Å². The minimum absolute atomic E-state index is 0.0312. The van der Waals surface area contributed by atoms with E-state index in [1.165, 1.54) is 0 Å². The molecule has 0 spiro atoms. The van der Waals surface area contributed by atoms with Gasteiger partial charge < -0.3 is 10.1 Å². The molecule has 1 N–H and O–H groups in total. The molecular formula is C5H9NO2. The van der Waals surface area contributed by atoms with Crippen molar-refractivity contribution in [3.63, 3.8) is 0 Å². The number of rotatable bonds is 0. The van der Waals surface area contributed by atoms with Crippen molar-refractivity contribution in [1.82, 2.24) is 5.32 Å². The van der Waals surface area contributed by atoms with Crippen LogP contribution in [0.2, 0.25) is 0 Å². The second kappa shape index (κ2) is 2.13. The van der Waals surface area contributed by atoms with Crippen LogP contribution in [0.25, 0.3) is 0 Å². The highest BCUT2D eigenvalue weighted by atomic mass is 16.5. The Kier molecular flexibility index (Phi) is 1.48. The molecule has 8 heavy (non-hydrogen) atoms. The Balaban J connectivity index is 2.39. The molecule has 1 aliphatic rings. The molecule has 0 aliphatic carbocycles. The topological polar surface area (TPSA) is 38.3 Å². The highest BCUT2D eigenvalue weighted by molar-refractivity contribution is 5.78. The summed E-state index contributed by atoms with van der Waals surface area (Å²) in [5.41, 5.74) is 0. The first-order valence-corrected chi connectivity index (χ1v) is 2.66. The van der Waals surface area contributed by atoms with Gasteiger partial charge in [-0.1, -0.05) is 6.92 Å². The summed E-state index contributed by atoms with van der Waals surface area (Å²) in [6.07, 6.45) is 0. The lowest BCUT2D eigenvalue weighted by Crippen LogP contribution is -2.39. The number of carbonyl (C=O) groups is 1. The van der Waals surface area contributed by atoms with E-state index in [0.717, 1.165) is 0 Å². The molecule has 1 atom stereocenters. The van der Waals surface area contributed by atoms with Crippen molar-refractivity contribution in [2.75, 3.05) is 13.3 Å². The first-order valence-electron chi connectivity index (χ1n) is 2.66. The van der Waals surface area contributed by atoms with Gasteiger partial charge in [0.15, 0.2) is 0 Å². The summed E-state index contributed by atoms with van der Waals surface area (Å²) in [6.45, 7) is 2.78. The maximum absolute atomic E-state index is 10.6. The van der Waals surface area contributed by atoms with Crippen LogP contribution in [0.3, 0.4) is 0 Å². The normalized spacial score (nSPS) is 29.6. The molecule has 0 radical (unpaired) electrons. The molecule has 1 amide bonds. The first kappa shape index (κ1) is 5.56. The maximum Gasteiger partial charge on any atom is 0.226 e. The van der Waals surface area contributed by atoms with Gasteiger partial charge in [0.2, 0.25) is 5.91 Å². The van der Waals surface area contributed by atoms with Crippen molar-refractivity contribution in [3.05, 3.63) is 0 Å². The highest BCUT2D eigenvalue weighted by Crippen LogP contribution is 1.98. The van der Waals surface area contributed by atoms with E-state index in [4.69, 9.17) is 4.74 Å². The number of carbonyl (C=O) groups excluding carboxylic acids is 1. The zero-order chi connectivity index (χ0) is 5.98. The fourth-order valence-electron chi connectivity index (χ4n) is 0.608. The molecule has 1 aliphatic heterocycles. The van der Waals surface area contributed by atoms with Gasteiger partial charge in [0, 0.05) is 0 Å².